The van der Waals surface area contributed by atoms with E-state index in [9.17, 15) is 14.4 Å². The number of hydrogen-bond acceptors (Lipinski definition) is 4. The van der Waals surface area contributed by atoms with E-state index >= 15 is 0 Å². The van der Waals surface area contributed by atoms with Crippen molar-refractivity contribution in [2.24, 2.45) is 5.92 Å². The van der Waals surface area contributed by atoms with Crippen LogP contribution in [0.1, 0.15) is 41.9 Å². The second-order valence-electron chi connectivity index (χ2n) is 6.11. The van der Waals surface area contributed by atoms with Crippen LogP contribution in [0.3, 0.4) is 0 Å². The molecule has 0 bridgehead atoms. The number of carbonyl (C=O) groups is 3. The second-order valence-corrected chi connectivity index (χ2v) is 7.17. The molecule has 0 radical (unpaired) electrons. The van der Waals surface area contributed by atoms with E-state index in [-0.39, 0.29) is 30.2 Å². The first-order valence-electron chi connectivity index (χ1n) is 8.31. The van der Waals surface area contributed by atoms with Gasteiger partial charge in [-0.05, 0) is 45.2 Å². The van der Waals surface area contributed by atoms with Gasteiger partial charge in [0.2, 0.25) is 11.8 Å². The Balaban J connectivity index is 2.01. The molecule has 7 heteroatoms. The molecule has 0 spiro atoms. The van der Waals surface area contributed by atoms with Gasteiger partial charge >= 0.3 is 0 Å². The largest absolute Gasteiger partial charge is 0.342 e. The van der Waals surface area contributed by atoms with E-state index in [1.54, 1.807) is 11.9 Å². The molecule has 0 aliphatic heterocycles. The van der Waals surface area contributed by atoms with E-state index in [0.717, 1.165) is 18.4 Å². The maximum atomic E-state index is 12.6. The van der Waals surface area contributed by atoms with Gasteiger partial charge in [0.25, 0.3) is 5.91 Å². The van der Waals surface area contributed by atoms with Gasteiger partial charge in [-0.1, -0.05) is 0 Å². The number of thiophene rings is 1. The van der Waals surface area contributed by atoms with Gasteiger partial charge in [-0.15, -0.1) is 11.3 Å². The first kappa shape index (κ1) is 18.4. The molecule has 1 N–H and O–H groups in total. The fourth-order valence-corrected chi connectivity index (χ4v) is 3.52. The Kier molecular flexibility index (Phi) is 5.99. The molecule has 2 rings (SSSR count). The van der Waals surface area contributed by atoms with Crippen molar-refractivity contribution in [2.45, 2.75) is 33.6 Å². The molecule has 132 valence electrons. The third kappa shape index (κ3) is 4.35. The van der Waals surface area contributed by atoms with Crippen molar-refractivity contribution < 1.29 is 14.4 Å². The first-order valence-corrected chi connectivity index (χ1v) is 9.13. The summed E-state index contributed by atoms with van der Waals surface area (Å²) in [4.78, 5) is 40.3. The van der Waals surface area contributed by atoms with E-state index < -0.39 is 0 Å². The summed E-state index contributed by atoms with van der Waals surface area (Å²) in [6, 6.07) is 1.82. The lowest BCUT2D eigenvalue weighted by molar-refractivity contribution is -0.131. The van der Waals surface area contributed by atoms with Gasteiger partial charge in [0.05, 0.1) is 16.4 Å². The molecule has 0 unspecified atom stereocenters. The Bertz CT molecular complexity index is 633. The van der Waals surface area contributed by atoms with Crippen LogP contribution in [0, 0.1) is 12.8 Å². The van der Waals surface area contributed by atoms with Gasteiger partial charge in [-0.25, -0.2) is 0 Å². The van der Waals surface area contributed by atoms with Crippen LogP contribution in [-0.2, 0) is 9.59 Å². The maximum Gasteiger partial charge on any atom is 0.264 e. The number of amides is 3. The number of rotatable bonds is 7. The second kappa shape index (κ2) is 7.79. The normalized spacial score (nSPS) is 13.5. The monoisotopic (exact) mass is 351 g/mol. The van der Waals surface area contributed by atoms with Crippen molar-refractivity contribution in [3.8, 4) is 0 Å². The van der Waals surface area contributed by atoms with Crippen molar-refractivity contribution in [2.75, 3.05) is 32.0 Å². The summed E-state index contributed by atoms with van der Waals surface area (Å²) >= 11 is 1.27. The summed E-state index contributed by atoms with van der Waals surface area (Å²) in [6.45, 7) is 7.00. The third-order valence-electron chi connectivity index (χ3n) is 4.14. The van der Waals surface area contributed by atoms with Crippen LogP contribution in [0.4, 0.5) is 5.00 Å². The Morgan fingerprint density at radius 3 is 2.42 bits per heavy atom. The predicted octanol–water partition coefficient (Wildman–Crippen LogP) is 2.35. The zero-order valence-electron chi connectivity index (χ0n) is 14.7. The fraction of sp³-hybridized carbons (Fsp3) is 0.588. The van der Waals surface area contributed by atoms with Gasteiger partial charge < -0.3 is 15.1 Å². The number of carbonyl (C=O) groups excluding carboxylic acids is 3. The molecule has 1 heterocycles. The molecule has 0 atom stereocenters. The molecule has 1 aliphatic rings. The highest BCUT2D eigenvalue weighted by atomic mass is 32.1. The molecule has 1 aromatic rings. The molecular formula is C17H25N3O3S. The first-order chi connectivity index (χ1) is 11.4. The van der Waals surface area contributed by atoms with Gasteiger partial charge in [-0.2, -0.15) is 0 Å². The van der Waals surface area contributed by atoms with Crippen LogP contribution in [0.25, 0.3) is 0 Å². The molecule has 6 nitrogen and oxygen atoms in total. The molecule has 1 aromatic heterocycles. The van der Waals surface area contributed by atoms with E-state index in [0.29, 0.717) is 23.0 Å². The highest BCUT2D eigenvalue weighted by Crippen LogP contribution is 2.33. The van der Waals surface area contributed by atoms with Gasteiger partial charge in [0, 0.05) is 26.1 Å². The molecular weight excluding hydrogens is 326 g/mol. The van der Waals surface area contributed by atoms with Gasteiger partial charge in [0.15, 0.2) is 0 Å². The van der Waals surface area contributed by atoms with Crippen molar-refractivity contribution in [1.29, 1.82) is 0 Å². The Morgan fingerprint density at radius 2 is 1.88 bits per heavy atom. The summed E-state index contributed by atoms with van der Waals surface area (Å²) < 4.78 is 0. The Labute approximate surface area is 146 Å². The summed E-state index contributed by atoms with van der Waals surface area (Å²) in [5.41, 5.74) is 0.818. The molecule has 1 aliphatic carbocycles. The molecule has 1 fully saturated rings. The molecule has 0 saturated heterocycles. The molecule has 24 heavy (non-hydrogen) atoms. The topological polar surface area (TPSA) is 69.7 Å². The minimum Gasteiger partial charge on any atom is -0.342 e. The fourth-order valence-electron chi connectivity index (χ4n) is 2.45. The maximum absolute atomic E-state index is 12.6. The van der Waals surface area contributed by atoms with E-state index in [2.05, 4.69) is 5.32 Å². The molecule has 1 saturated carbocycles. The highest BCUT2D eigenvalue weighted by molar-refractivity contribution is 7.18. The minimum atomic E-state index is -0.190. The van der Waals surface area contributed by atoms with Crippen LogP contribution < -0.4 is 5.32 Å². The standard InChI is InChI=1S/C17H25N3O3S/c1-5-20(6-2)14(21)10-19(4)17(23)15-11(3)9-13(24-15)18-16(22)12-7-8-12/h9,12H,5-8,10H2,1-4H3,(H,18,22). The van der Waals surface area contributed by atoms with Crippen LogP contribution in [-0.4, -0.2) is 54.2 Å². The zero-order valence-corrected chi connectivity index (χ0v) is 15.5. The minimum absolute atomic E-state index is 0.0281. The van der Waals surface area contributed by atoms with Crippen LogP contribution in [0.2, 0.25) is 0 Å². The van der Waals surface area contributed by atoms with E-state index in [1.165, 1.54) is 16.2 Å². The summed E-state index contributed by atoms with van der Waals surface area (Å²) in [7, 11) is 1.63. The number of nitrogens with zero attached hydrogens (tertiary/aromatic N) is 2. The van der Waals surface area contributed by atoms with Crippen molar-refractivity contribution >= 4 is 34.1 Å². The average Bonchev–Trinajstić information content (AvgIpc) is 3.32. The van der Waals surface area contributed by atoms with Crippen molar-refractivity contribution in [1.82, 2.24) is 9.80 Å². The lowest BCUT2D eigenvalue weighted by Crippen LogP contribution is -2.40. The van der Waals surface area contributed by atoms with Crippen LogP contribution >= 0.6 is 11.3 Å². The smallest absolute Gasteiger partial charge is 0.264 e. The van der Waals surface area contributed by atoms with Crippen LogP contribution in [0.15, 0.2) is 6.07 Å². The van der Waals surface area contributed by atoms with Crippen LogP contribution in [0.5, 0.6) is 0 Å². The predicted molar refractivity (Wildman–Crippen MR) is 95.3 cm³/mol. The zero-order chi connectivity index (χ0) is 17.9. The van der Waals surface area contributed by atoms with Crippen molar-refractivity contribution in [3.05, 3.63) is 16.5 Å². The van der Waals surface area contributed by atoms with E-state index in [1.807, 2.05) is 26.8 Å². The number of anilines is 1. The lowest BCUT2D eigenvalue weighted by atomic mass is 10.2. The SMILES string of the molecule is CCN(CC)C(=O)CN(C)C(=O)c1sc(NC(=O)C2CC2)cc1C. The summed E-state index contributed by atoms with van der Waals surface area (Å²) in [6.07, 6.45) is 1.89. The van der Waals surface area contributed by atoms with E-state index in [4.69, 9.17) is 0 Å². The quantitative estimate of drug-likeness (QED) is 0.820. The van der Waals surface area contributed by atoms with Gasteiger partial charge in [0.1, 0.15) is 0 Å². The number of hydrogen-bond donors (Lipinski definition) is 1. The molecule has 3 amide bonds. The average molecular weight is 351 g/mol. The molecule has 0 aromatic carbocycles. The lowest BCUT2D eigenvalue weighted by Gasteiger charge is -2.23. The number of likely N-dealkylation sites (N-methyl/N-ethyl adjacent to an activating group) is 2. The Hall–Kier alpha value is -1.89. The van der Waals surface area contributed by atoms with Crippen molar-refractivity contribution in [3.63, 3.8) is 0 Å². The Morgan fingerprint density at radius 1 is 1.25 bits per heavy atom. The highest BCUT2D eigenvalue weighted by Gasteiger charge is 2.30. The van der Waals surface area contributed by atoms with Gasteiger partial charge in [-0.3, -0.25) is 14.4 Å². The number of nitrogens with one attached hydrogen (secondary N) is 1. The number of aryl methyl sites for hydroxylation is 1. The summed E-state index contributed by atoms with van der Waals surface area (Å²) in [5.74, 6) is -0.0986. The third-order valence-corrected chi connectivity index (χ3v) is 5.28. The summed E-state index contributed by atoms with van der Waals surface area (Å²) in [5, 5.41) is 3.56.